The molecule has 1 rings (SSSR count). The van der Waals surface area contributed by atoms with Crippen LogP contribution in [0.15, 0.2) is 24.3 Å². The molecule has 0 heterocycles. The van der Waals surface area contributed by atoms with Crippen LogP contribution in [0.3, 0.4) is 0 Å². The molecule has 0 spiro atoms. The Kier molecular flexibility index (Phi) is 8.80. The van der Waals surface area contributed by atoms with Gasteiger partial charge in [-0.1, -0.05) is 31.2 Å². The highest BCUT2D eigenvalue weighted by molar-refractivity contribution is 7.98. The monoisotopic (exact) mass is 372 g/mol. The van der Waals surface area contributed by atoms with Gasteiger partial charge in [0.15, 0.2) is 0 Å². The van der Waals surface area contributed by atoms with Crippen molar-refractivity contribution < 1.29 is 13.2 Å². The minimum Gasteiger partial charge on any atom is -0.348 e. The molecule has 0 saturated carbocycles. The van der Waals surface area contributed by atoms with Crippen molar-refractivity contribution in [2.75, 3.05) is 17.8 Å². The summed E-state index contributed by atoms with van der Waals surface area (Å²) < 4.78 is 26.1. The first-order valence-electron chi connectivity index (χ1n) is 8.21. The average Bonchev–Trinajstić information content (AvgIpc) is 2.58. The number of amides is 1. The molecule has 0 saturated heterocycles. The standard InChI is InChI=1S/C17H28N2O3S2/c1-5-14-7-9-15(10-8-14)13(3)18-17(20)16(11-12-23-4)19-24(21,22)6-2/h7-10,13,16,19H,5-6,11-12H2,1-4H3,(H,18,20). The maximum atomic E-state index is 12.5. The summed E-state index contributed by atoms with van der Waals surface area (Å²) in [4.78, 5) is 12.5. The highest BCUT2D eigenvalue weighted by Gasteiger charge is 2.24. The Hall–Kier alpha value is -1.05. The highest BCUT2D eigenvalue weighted by Crippen LogP contribution is 2.14. The van der Waals surface area contributed by atoms with Gasteiger partial charge in [-0.3, -0.25) is 4.79 Å². The van der Waals surface area contributed by atoms with Crippen LogP contribution in [0.4, 0.5) is 0 Å². The minimum atomic E-state index is -3.42. The molecule has 2 N–H and O–H groups in total. The van der Waals surface area contributed by atoms with Crippen molar-refractivity contribution in [3.63, 3.8) is 0 Å². The van der Waals surface area contributed by atoms with Crippen LogP contribution in [0.25, 0.3) is 0 Å². The van der Waals surface area contributed by atoms with E-state index in [1.54, 1.807) is 18.7 Å². The summed E-state index contributed by atoms with van der Waals surface area (Å²) >= 11 is 1.59. The lowest BCUT2D eigenvalue weighted by atomic mass is 10.0. The van der Waals surface area contributed by atoms with Crippen molar-refractivity contribution in [3.8, 4) is 0 Å². The second-order valence-corrected chi connectivity index (χ2v) is 8.71. The van der Waals surface area contributed by atoms with Gasteiger partial charge in [0.25, 0.3) is 0 Å². The van der Waals surface area contributed by atoms with Crippen LogP contribution >= 0.6 is 11.8 Å². The van der Waals surface area contributed by atoms with Gasteiger partial charge >= 0.3 is 0 Å². The Balaban J connectivity index is 2.77. The Bertz CT molecular complexity index is 615. The maximum Gasteiger partial charge on any atom is 0.238 e. The largest absolute Gasteiger partial charge is 0.348 e. The third kappa shape index (κ3) is 6.83. The van der Waals surface area contributed by atoms with Gasteiger partial charge in [-0.25, -0.2) is 13.1 Å². The van der Waals surface area contributed by atoms with E-state index in [1.807, 2.05) is 37.4 Å². The molecule has 136 valence electrons. The van der Waals surface area contributed by atoms with Crippen LogP contribution in [0.1, 0.15) is 44.4 Å². The zero-order valence-electron chi connectivity index (χ0n) is 14.8. The van der Waals surface area contributed by atoms with Crippen molar-refractivity contribution in [1.82, 2.24) is 10.0 Å². The van der Waals surface area contributed by atoms with E-state index in [1.165, 1.54) is 5.56 Å². The number of aryl methyl sites for hydroxylation is 1. The van der Waals surface area contributed by atoms with Crippen molar-refractivity contribution in [3.05, 3.63) is 35.4 Å². The van der Waals surface area contributed by atoms with Gasteiger partial charge in [0, 0.05) is 0 Å². The molecule has 2 unspecified atom stereocenters. The zero-order chi connectivity index (χ0) is 18.2. The van der Waals surface area contributed by atoms with E-state index in [-0.39, 0.29) is 17.7 Å². The van der Waals surface area contributed by atoms with E-state index in [9.17, 15) is 13.2 Å². The summed E-state index contributed by atoms with van der Waals surface area (Å²) in [5.41, 5.74) is 2.24. The van der Waals surface area contributed by atoms with Gasteiger partial charge in [0.05, 0.1) is 11.8 Å². The van der Waals surface area contributed by atoms with Crippen LogP contribution in [0, 0.1) is 0 Å². The van der Waals surface area contributed by atoms with E-state index in [0.717, 1.165) is 12.0 Å². The molecule has 0 aliphatic carbocycles. The molecule has 7 heteroatoms. The lowest BCUT2D eigenvalue weighted by Crippen LogP contribution is -2.48. The van der Waals surface area contributed by atoms with Crippen molar-refractivity contribution in [2.45, 2.75) is 45.7 Å². The highest BCUT2D eigenvalue weighted by atomic mass is 32.2. The van der Waals surface area contributed by atoms with Crippen LogP contribution in [-0.4, -0.2) is 38.1 Å². The smallest absolute Gasteiger partial charge is 0.238 e. The van der Waals surface area contributed by atoms with Gasteiger partial charge in [-0.15, -0.1) is 0 Å². The van der Waals surface area contributed by atoms with Crippen LogP contribution < -0.4 is 10.0 Å². The van der Waals surface area contributed by atoms with Crippen molar-refractivity contribution in [2.24, 2.45) is 0 Å². The van der Waals surface area contributed by atoms with Crippen LogP contribution in [0.2, 0.25) is 0 Å². The number of benzene rings is 1. The molecule has 24 heavy (non-hydrogen) atoms. The third-order valence-electron chi connectivity index (χ3n) is 3.88. The summed E-state index contributed by atoms with van der Waals surface area (Å²) in [6.45, 7) is 5.55. The van der Waals surface area contributed by atoms with E-state index < -0.39 is 16.1 Å². The van der Waals surface area contributed by atoms with Gasteiger partial charge in [-0.2, -0.15) is 11.8 Å². The first-order chi connectivity index (χ1) is 11.3. The molecule has 0 fully saturated rings. The quantitative estimate of drug-likeness (QED) is 0.662. The Morgan fingerprint density at radius 2 is 1.83 bits per heavy atom. The number of carbonyl (C=O) groups is 1. The SMILES string of the molecule is CCc1ccc(C(C)NC(=O)C(CCSC)NS(=O)(=O)CC)cc1. The molecular weight excluding hydrogens is 344 g/mol. The summed E-state index contributed by atoms with van der Waals surface area (Å²) in [6, 6.07) is 7.17. The van der Waals surface area contributed by atoms with Gasteiger partial charge in [-0.05, 0) is 49.8 Å². The lowest BCUT2D eigenvalue weighted by molar-refractivity contribution is -0.123. The number of hydrogen-bond donors (Lipinski definition) is 2. The molecule has 0 aromatic heterocycles. The first kappa shape index (κ1) is 21.0. The van der Waals surface area contributed by atoms with E-state index >= 15 is 0 Å². The summed E-state index contributed by atoms with van der Waals surface area (Å²) in [6.07, 6.45) is 3.37. The second-order valence-electron chi connectivity index (χ2n) is 5.68. The topological polar surface area (TPSA) is 75.3 Å². The third-order valence-corrected chi connectivity index (χ3v) is 5.92. The maximum absolute atomic E-state index is 12.5. The molecule has 0 bridgehead atoms. The molecule has 0 radical (unpaired) electrons. The number of thioether (sulfide) groups is 1. The zero-order valence-corrected chi connectivity index (χ0v) is 16.5. The second kappa shape index (κ2) is 10.1. The van der Waals surface area contributed by atoms with Gasteiger partial charge in [0.1, 0.15) is 6.04 Å². The Morgan fingerprint density at radius 3 is 2.33 bits per heavy atom. The molecule has 5 nitrogen and oxygen atoms in total. The number of rotatable bonds is 10. The summed E-state index contributed by atoms with van der Waals surface area (Å²) in [5.74, 6) is 0.390. The summed E-state index contributed by atoms with van der Waals surface area (Å²) in [7, 11) is -3.42. The predicted octanol–water partition coefficient (Wildman–Crippen LogP) is 2.49. The Morgan fingerprint density at radius 1 is 1.21 bits per heavy atom. The first-order valence-corrected chi connectivity index (χ1v) is 11.3. The fourth-order valence-electron chi connectivity index (χ4n) is 2.22. The molecule has 1 aromatic rings. The van der Waals surface area contributed by atoms with Gasteiger partial charge in [0.2, 0.25) is 15.9 Å². The summed E-state index contributed by atoms with van der Waals surface area (Å²) in [5, 5.41) is 2.91. The number of sulfonamides is 1. The van der Waals surface area contributed by atoms with Crippen molar-refractivity contribution >= 4 is 27.7 Å². The van der Waals surface area contributed by atoms with Crippen molar-refractivity contribution in [1.29, 1.82) is 0 Å². The molecule has 1 aromatic carbocycles. The molecule has 1 amide bonds. The van der Waals surface area contributed by atoms with Gasteiger partial charge < -0.3 is 5.32 Å². The van der Waals surface area contributed by atoms with E-state index in [2.05, 4.69) is 17.0 Å². The van der Waals surface area contributed by atoms with Crippen LogP contribution in [0.5, 0.6) is 0 Å². The lowest BCUT2D eigenvalue weighted by Gasteiger charge is -2.21. The Labute approximate surface area is 150 Å². The number of carbonyl (C=O) groups excluding carboxylic acids is 1. The molecule has 2 atom stereocenters. The minimum absolute atomic E-state index is 0.0376. The number of nitrogens with one attached hydrogen (secondary N) is 2. The van der Waals surface area contributed by atoms with E-state index in [4.69, 9.17) is 0 Å². The average molecular weight is 373 g/mol. The van der Waals surface area contributed by atoms with Crippen LogP contribution in [-0.2, 0) is 21.2 Å². The molecule has 0 aliphatic rings. The van der Waals surface area contributed by atoms with E-state index in [0.29, 0.717) is 12.2 Å². The fourth-order valence-corrected chi connectivity index (χ4v) is 3.52. The predicted molar refractivity (Wildman–Crippen MR) is 102 cm³/mol. The fraction of sp³-hybridized carbons (Fsp3) is 0.588. The molecular formula is C17H28N2O3S2. The normalized spacial score (nSPS) is 14.2. The number of hydrogen-bond acceptors (Lipinski definition) is 4. The molecule has 0 aliphatic heterocycles.